The van der Waals surface area contributed by atoms with Gasteiger partial charge in [0.1, 0.15) is 0 Å². The largest absolute Gasteiger partial charge is 0.573 e. The number of hydrogen-bond acceptors (Lipinski definition) is 3. The van der Waals surface area contributed by atoms with Gasteiger partial charge in [-0.1, -0.05) is 13.0 Å². The molecule has 1 saturated heterocycles. The molecule has 0 atom stereocenters. The van der Waals surface area contributed by atoms with Crippen molar-refractivity contribution in [1.29, 1.82) is 0 Å². The van der Waals surface area contributed by atoms with Crippen LogP contribution in [0.15, 0.2) is 18.2 Å². The van der Waals surface area contributed by atoms with Gasteiger partial charge in [-0.05, 0) is 23.5 Å². The highest BCUT2D eigenvalue weighted by Gasteiger charge is 2.33. The summed E-state index contributed by atoms with van der Waals surface area (Å²) in [7, 11) is -0.759. The van der Waals surface area contributed by atoms with Crippen LogP contribution in [0.4, 0.5) is 17.6 Å². The SMILES string of the molecule is CC1COB(c2ccc(OC(F)(F)F)c(F)c2)OC1. The minimum Gasteiger partial charge on any atom is -0.407 e. The molecular formula is C11H11BF4O3. The van der Waals surface area contributed by atoms with Crippen molar-refractivity contribution in [3.8, 4) is 5.75 Å². The van der Waals surface area contributed by atoms with E-state index in [-0.39, 0.29) is 5.92 Å². The van der Waals surface area contributed by atoms with Crippen molar-refractivity contribution in [3.63, 3.8) is 0 Å². The first-order valence-corrected chi connectivity index (χ1v) is 5.63. The molecule has 1 aromatic carbocycles. The lowest BCUT2D eigenvalue weighted by Crippen LogP contribution is -2.43. The van der Waals surface area contributed by atoms with Gasteiger partial charge >= 0.3 is 13.5 Å². The highest BCUT2D eigenvalue weighted by Crippen LogP contribution is 2.24. The maximum atomic E-state index is 13.5. The maximum absolute atomic E-state index is 13.5. The number of alkyl halides is 3. The molecule has 0 N–H and O–H groups in total. The zero-order chi connectivity index (χ0) is 14.0. The molecule has 2 rings (SSSR count). The molecule has 1 aliphatic rings. The minimum absolute atomic E-state index is 0.230. The Labute approximate surface area is 107 Å². The number of halogens is 4. The number of hydrogen-bond donors (Lipinski definition) is 0. The third kappa shape index (κ3) is 3.84. The fraction of sp³-hybridized carbons (Fsp3) is 0.455. The van der Waals surface area contributed by atoms with E-state index in [2.05, 4.69) is 4.74 Å². The Balaban J connectivity index is 2.10. The molecule has 0 aromatic heterocycles. The second-order valence-electron chi connectivity index (χ2n) is 4.34. The molecule has 0 unspecified atom stereocenters. The predicted molar refractivity (Wildman–Crippen MR) is 59.5 cm³/mol. The summed E-state index contributed by atoms with van der Waals surface area (Å²) in [6.45, 7) is 2.83. The number of rotatable bonds is 2. The zero-order valence-corrected chi connectivity index (χ0v) is 10.0. The fourth-order valence-corrected chi connectivity index (χ4v) is 1.66. The van der Waals surface area contributed by atoms with Crippen LogP contribution in [0, 0.1) is 11.7 Å². The molecule has 1 aromatic rings. The van der Waals surface area contributed by atoms with Gasteiger partial charge in [0.05, 0.1) is 0 Å². The van der Waals surface area contributed by atoms with Crippen LogP contribution in [-0.4, -0.2) is 26.7 Å². The van der Waals surface area contributed by atoms with Crippen LogP contribution in [0.2, 0.25) is 0 Å². The van der Waals surface area contributed by atoms with Crippen molar-refractivity contribution in [2.24, 2.45) is 5.92 Å². The average molecular weight is 278 g/mol. The van der Waals surface area contributed by atoms with E-state index in [1.54, 1.807) is 0 Å². The molecular weight excluding hydrogens is 267 g/mol. The van der Waals surface area contributed by atoms with Gasteiger partial charge in [0.25, 0.3) is 0 Å². The second kappa shape index (κ2) is 5.38. The van der Waals surface area contributed by atoms with Crippen molar-refractivity contribution in [1.82, 2.24) is 0 Å². The highest BCUT2D eigenvalue weighted by atomic mass is 19.4. The molecule has 19 heavy (non-hydrogen) atoms. The Hall–Kier alpha value is -1.28. The first kappa shape index (κ1) is 14.1. The van der Waals surface area contributed by atoms with Gasteiger partial charge in [0.15, 0.2) is 11.6 Å². The van der Waals surface area contributed by atoms with Gasteiger partial charge in [-0.15, -0.1) is 13.2 Å². The van der Waals surface area contributed by atoms with E-state index in [9.17, 15) is 17.6 Å². The predicted octanol–water partition coefficient (Wildman–Crippen LogP) is 2.10. The molecule has 0 radical (unpaired) electrons. The van der Waals surface area contributed by atoms with Crippen molar-refractivity contribution in [2.75, 3.05) is 13.2 Å². The lowest BCUT2D eigenvalue weighted by atomic mass is 9.77. The van der Waals surface area contributed by atoms with E-state index < -0.39 is 25.0 Å². The molecule has 0 spiro atoms. The van der Waals surface area contributed by atoms with E-state index in [0.717, 1.165) is 12.1 Å². The number of ether oxygens (including phenoxy) is 1. The molecule has 8 heteroatoms. The minimum atomic E-state index is -4.92. The van der Waals surface area contributed by atoms with Crippen molar-refractivity contribution < 1.29 is 31.6 Å². The third-order valence-corrected chi connectivity index (χ3v) is 2.52. The summed E-state index contributed by atoms with van der Waals surface area (Å²) in [5.74, 6) is -1.75. The van der Waals surface area contributed by atoms with Gasteiger partial charge in [0.2, 0.25) is 0 Å². The highest BCUT2D eigenvalue weighted by molar-refractivity contribution is 6.61. The van der Waals surface area contributed by atoms with Gasteiger partial charge < -0.3 is 14.0 Å². The molecule has 104 valence electrons. The van der Waals surface area contributed by atoms with Crippen LogP contribution in [0.5, 0.6) is 5.75 Å². The van der Waals surface area contributed by atoms with Gasteiger partial charge in [-0.25, -0.2) is 4.39 Å². The molecule has 3 nitrogen and oxygen atoms in total. The van der Waals surface area contributed by atoms with Crippen LogP contribution in [0.1, 0.15) is 6.92 Å². The van der Waals surface area contributed by atoms with Gasteiger partial charge in [-0.2, -0.15) is 0 Å². The quantitative estimate of drug-likeness (QED) is 0.612. The molecule has 1 aliphatic heterocycles. The van der Waals surface area contributed by atoms with Gasteiger partial charge in [-0.3, -0.25) is 0 Å². The molecule has 0 amide bonds. The monoisotopic (exact) mass is 278 g/mol. The average Bonchev–Trinajstić information content (AvgIpc) is 2.31. The van der Waals surface area contributed by atoms with Crippen molar-refractivity contribution >= 4 is 12.6 Å². The first-order valence-electron chi connectivity index (χ1n) is 5.63. The van der Waals surface area contributed by atoms with E-state index in [1.165, 1.54) is 6.07 Å². The summed E-state index contributed by atoms with van der Waals surface area (Å²) in [6.07, 6.45) is -4.92. The smallest absolute Gasteiger partial charge is 0.407 e. The van der Waals surface area contributed by atoms with Crippen molar-refractivity contribution in [2.45, 2.75) is 13.3 Å². The summed E-state index contributed by atoms with van der Waals surface area (Å²) in [5, 5.41) is 0. The molecule has 0 saturated carbocycles. The first-order chi connectivity index (χ1) is 8.85. The van der Waals surface area contributed by atoms with Crippen LogP contribution in [-0.2, 0) is 9.31 Å². The zero-order valence-electron chi connectivity index (χ0n) is 10.0. The lowest BCUT2D eigenvalue weighted by Gasteiger charge is -2.25. The molecule has 0 aliphatic carbocycles. The standard InChI is InChI=1S/C11H11BF4O3/c1-7-5-17-12(18-6-7)8-2-3-10(9(13)4-8)19-11(14,15)16/h2-4,7H,5-6H2,1H3. The fourth-order valence-electron chi connectivity index (χ4n) is 1.66. The van der Waals surface area contributed by atoms with Crippen LogP contribution in [0.25, 0.3) is 0 Å². The summed E-state index contributed by atoms with van der Waals surface area (Å²) >= 11 is 0. The third-order valence-electron chi connectivity index (χ3n) is 2.52. The van der Waals surface area contributed by atoms with E-state index in [4.69, 9.17) is 9.31 Å². The summed E-state index contributed by atoms with van der Waals surface area (Å²) in [5.41, 5.74) is 0.318. The Morgan fingerprint density at radius 2 is 1.89 bits per heavy atom. The normalized spacial score (nSPS) is 17.6. The summed E-state index contributed by atoms with van der Waals surface area (Å²) in [4.78, 5) is 0. The topological polar surface area (TPSA) is 27.7 Å². The Morgan fingerprint density at radius 1 is 1.26 bits per heavy atom. The van der Waals surface area contributed by atoms with Gasteiger partial charge in [0, 0.05) is 13.2 Å². The maximum Gasteiger partial charge on any atom is 0.573 e. The summed E-state index contributed by atoms with van der Waals surface area (Å²) in [6, 6.07) is 3.11. The molecule has 1 heterocycles. The van der Waals surface area contributed by atoms with Crippen LogP contribution in [0.3, 0.4) is 0 Å². The van der Waals surface area contributed by atoms with E-state index in [0.29, 0.717) is 18.7 Å². The Bertz CT molecular complexity index is 444. The van der Waals surface area contributed by atoms with E-state index in [1.807, 2.05) is 6.92 Å². The molecule has 0 bridgehead atoms. The molecule has 1 fully saturated rings. The second-order valence-corrected chi connectivity index (χ2v) is 4.34. The Morgan fingerprint density at radius 3 is 2.42 bits per heavy atom. The van der Waals surface area contributed by atoms with Crippen molar-refractivity contribution in [3.05, 3.63) is 24.0 Å². The van der Waals surface area contributed by atoms with Crippen LogP contribution < -0.4 is 10.2 Å². The Kier molecular flexibility index (Phi) is 4.00. The van der Waals surface area contributed by atoms with E-state index >= 15 is 0 Å². The summed E-state index contributed by atoms with van der Waals surface area (Å²) < 4.78 is 63.6. The lowest BCUT2D eigenvalue weighted by molar-refractivity contribution is -0.275. The van der Waals surface area contributed by atoms with Crippen LogP contribution >= 0.6 is 0 Å². The number of benzene rings is 1.